The number of hydrogen-bond acceptors (Lipinski definition) is 3. The van der Waals surface area contributed by atoms with E-state index in [9.17, 15) is 31.9 Å². The number of amidine groups is 1. The van der Waals surface area contributed by atoms with Gasteiger partial charge < -0.3 is 10.0 Å². The van der Waals surface area contributed by atoms with E-state index < -0.39 is 41.8 Å². The number of carboxylic acids is 1. The summed E-state index contributed by atoms with van der Waals surface area (Å²) in [7, 11) is 0. The maximum Gasteiger partial charge on any atom is 0.416 e. The Balaban J connectivity index is 1.69. The average molecular weight is 522 g/mol. The third-order valence-electron chi connectivity index (χ3n) is 6.26. The van der Waals surface area contributed by atoms with Gasteiger partial charge in [0.05, 0.1) is 18.0 Å². The summed E-state index contributed by atoms with van der Waals surface area (Å²) in [6, 6.07) is 20.1. The summed E-state index contributed by atoms with van der Waals surface area (Å²) in [6.07, 6.45) is -5.16. The van der Waals surface area contributed by atoms with Gasteiger partial charge in [-0.05, 0) is 47.5 Å². The molecule has 38 heavy (non-hydrogen) atoms. The summed E-state index contributed by atoms with van der Waals surface area (Å²) >= 11 is 0. The smallest absolute Gasteiger partial charge is 0.416 e. The van der Waals surface area contributed by atoms with Crippen molar-refractivity contribution in [3.8, 4) is 11.1 Å². The summed E-state index contributed by atoms with van der Waals surface area (Å²) in [6.45, 7) is 0. The van der Waals surface area contributed by atoms with Crippen molar-refractivity contribution in [3.05, 3.63) is 119 Å². The summed E-state index contributed by atoms with van der Waals surface area (Å²) in [5.74, 6) is -2.23. The molecule has 0 aliphatic carbocycles. The monoisotopic (exact) mass is 522 g/mol. The second-order valence-electron chi connectivity index (χ2n) is 8.73. The molecular formula is C29H19F5N2O2. The molecule has 4 nitrogen and oxygen atoms in total. The zero-order valence-electron chi connectivity index (χ0n) is 19.6. The Hall–Kier alpha value is -4.53. The molecule has 1 N–H and O–H groups in total. The van der Waals surface area contributed by atoms with Gasteiger partial charge in [-0.25, -0.2) is 13.8 Å². The van der Waals surface area contributed by atoms with Crippen molar-refractivity contribution in [2.45, 2.75) is 18.6 Å². The van der Waals surface area contributed by atoms with Gasteiger partial charge in [0.25, 0.3) is 0 Å². The molecule has 0 saturated heterocycles. The second-order valence-corrected chi connectivity index (χ2v) is 8.73. The van der Waals surface area contributed by atoms with Gasteiger partial charge in [-0.2, -0.15) is 13.2 Å². The highest BCUT2D eigenvalue weighted by molar-refractivity contribution is 6.13. The number of carbonyl (C=O) groups is 1. The number of nitrogens with zero attached hydrogens (tertiary/aromatic N) is 2. The van der Waals surface area contributed by atoms with Gasteiger partial charge in [-0.3, -0.25) is 4.79 Å². The molecule has 0 fully saturated rings. The molecule has 5 rings (SSSR count). The zero-order valence-corrected chi connectivity index (χ0v) is 19.6. The van der Waals surface area contributed by atoms with E-state index in [1.165, 1.54) is 47.4 Å². The minimum atomic E-state index is -4.64. The van der Waals surface area contributed by atoms with E-state index in [-0.39, 0.29) is 22.8 Å². The Kier molecular flexibility index (Phi) is 6.44. The van der Waals surface area contributed by atoms with Crippen LogP contribution in [0.4, 0.5) is 33.3 Å². The maximum absolute atomic E-state index is 14.9. The van der Waals surface area contributed by atoms with Crippen molar-refractivity contribution in [1.82, 2.24) is 0 Å². The van der Waals surface area contributed by atoms with Crippen LogP contribution in [0.15, 0.2) is 96.0 Å². The fourth-order valence-corrected chi connectivity index (χ4v) is 4.55. The zero-order chi connectivity index (χ0) is 27.0. The van der Waals surface area contributed by atoms with Crippen LogP contribution in [0.3, 0.4) is 0 Å². The highest BCUT2D eigenvalue weighted by Crippen LogP contribution is 2.43. The van der Waals surface area contributed by atoms with Gasteiger partial charge in [0, 0.05) is 16.8 Å². The van der Waals surface area contributed by atoms with Crippen molar-refractivity contribution in [3.63, 3.8) is 0 Å². The lowest BCUT2D eigenvalue weighted by Crippen LogP contribution is -2.39. The van der Waals surface area contributed by atoms with E-state index in [1.54, 1.807) is 36.4 Å². The Bertz CT molecular complexity index is 1550. The lowest BCUT2D eigenvalue weighted by Gasteiger charge is -2.38. The Morgan fingerprint density at radius 1 is 0.842 bits per heavy atom. The standard InChI is InChI=1S/C29H19F5N2O2/c30-21-6-1-4-19(14-21)17-10-12-18(13-11-17)28-35-27-23(8-3-9-24(27)31)25(16-26(37)38)36(28)22-7-2-5-20(15-22)29(32,33)34/h1-15,25H,16H2,(H,37,38). The van der Waals surface area contributed by atoms with Crippen LogP contribution in [-0.2, 0) is 11.0 Å². The van der Waals surface area contributed by atoms with Crippen LogP contribution >= 0.6 is 0 Å². The first-order valence-electron chi connectivity index (χ1n) is 11.5. The lowest BCUT2D eigenvalue weighted by atomic mass is 9.94. The van der Waals surface area contributed by atoms with E-state index >= 15 is 0 Å². The van der Waals surface area contributed by atoms with Crippen LogP contribution < -0.4 is 4.90 Å². The number of fused-ring (bicyclic) bond motifs is 1. The van der Waals surface area contributed by atoms with Crippen LogP contribution in [0.2, 0.25) is 0 Å². The number of hydrogen-bond donors (Lipinski definition) is 1. The quantitative estimate of drug-likeness (QED) is 0.273. The Labute approximate surface area is 214 Å². The van der Waals surface area contributed by atoms with E-state index in [1.807, 2.05) is 0 Å². The number of rotatable bonds is 5. The number of benzene rings is 4. The predicted molar refractivity (Wildman–Crippen MR) is 133 cm³/mol. The van der Waals surface area contributed by atoms with Gasteiger partial charge in [-0.1, -0.05) is 54.6 Å². The topological polar surface area (TPSA) is 52.9 Å². The van der Waals surface area contributed by atoms with Crippen LogP contribution in [0.5, 0.6) is 0 Å². The molecule has 0 radical (unpaired) electrons. The number of para-hydroxylation sites is 1. The molecule has 192 valence electrons. The summed E-state index contributed by atoms with van der Waals surface area (Å²) in [5, 5.41) is 9.68. The molecule has 1 heterocycles. The molecule has 0 saturated carbocycles. The summed E-state index contributed by atoms with van der Waals surface area (Å²) < 4.78 is 69.3. The molecule has 1 atom stereocenters. The number of anilines is 1. The molecule has 0 amide bonds. The molecule has 0 bridgehead atoms. The van der Waals surface area contributed by atoms with Gasteiger partial charge in [0.1, 0.15) is 23.2 Å². The molecule has 4 aromatic carbocycles. The van der Waals surface area contributed by atoms with Gasteiger partial charge >= 0.3 is 12.1 Å². The molecule has 4 aromatic rings. The number of aliphatic carboxylic acids is 1. The molecule has 1 unspecified atom stereocenters. The molecule has 9 heteroatoms. The molecular weight excluding hydrogens is 503 g/mol. The lowest BCUT2D eigenvalue weighted by molar-refractivity contribution is -0.138. The Morgan fingerprint density at radius 3 is 2.21 bits per heavy atom. The minimum absolute atomic E-state index is 0.0499. The predicted octanol–water partition coefficient (Wildman–Crippen LogP) is 7.76. The van der Waals surface area contributed by atoms with Crippen molar-refractivity contribution in [1.29, 1.82) is 0 Å². The summed E-state index contributed by atoms with van der Waals surface area (Å²) in [5.41, 5.74) is 0.979. The van der Waals surface area contributed by atoms with Crippen LogP contribution in [-0.4, -0.2) is 16.9 Å². The van der Waals surface area contributed by atoms with Crippen LogP contribution in [0.25, 0.3) is 11.1 Å². The molecule has 1 aliphatic rings. The third kappa shape index (κ3) is 4.87. The van der Waals surface area contributed by atoms with Crippen molar-refractivity contribution < 1.29 is 31.9 Å². The van der Waals surface area contributed by atoms with Gasteiger partial charge in [0.2, 0.25) is 0 Å². The Morgan fingerprint density at radius 2 is 1.53 bits per heavy atom. The molecule has 0 aromatic heterocycles. The number of carboxylic acid groups (broad SMARTS) is 1. The largest absolute Gasteiger partial charge is 0.481 e. The number of halogens is 5. The van der Waals surface area contributed by atoms with Gasteiger partial charge in [-0.15, -0.1) is 0 Å². The fourth-order valence-electron chi connectivity index (χ4n) is 4.55. The van der Waals surface area contributed by atoms with E-state index in [4.69, 9.17) is 0 Å². The molecule has 1 aliphatic heterocycles. The first-order chi connectivity index (χ1) is 18.1. The van der Waals surface area contributed by atoms with Crippen molar-refractivity contribution >= 4 is 23.2 Å². The highest BCUT2D eigenvalue weighted by Gasteiger charge is 2.37. The van der Waals surface area contributed by atoms with Crippen molar-refractivity contribution in [2.24, 2.45) is 4.99 Å². The van der Waals surface area contributed by atoms with Crippen LogP contribution in [0.1, 0.15) is 29.2 Å². The van der Waals surface area contributed by atoms with E-state index in [0.29, 0.717) is 16.7 Å². The van der Waals surface area contributed by atoms with E-state index in [0.717, 1.165) is 12.1 Å². The summed E-state index contributed by atoms with van der Waals surface area (Å²) in [4.78, 5) is 17.7. The normalized spacial score (nSPS) is 15.1. The van der Waals surface area contributed by atoms with Crippen molar-refractivity contribution in [2.75, 3.05) is 4.90 Å². The fraction of sp³-hybridized carbons (Fsp3) is 0.103. The molecule has 0 spiro atoms. The average Bonchev–Trinajstić information content (AvgIpc) is 2.88. The third-order valence-corrected chi connectivity index (χ3v) is 6.26. The van der Waals surface area contributed by atoms with Gasteiger partial charge in [0.15, 0.2) is 0 Å². The first-order valence-corrected chi connectivity index (χ1v) is 11.5. The number of aliphatic imine (C=N–C) groups is 1. The van der Waals surface area contributed by atoms with E-state index in [2.05, 4.69) is 4.99 Å². The first kappa shape index (κ1) is 25.1. The SMILES string of the molecule is O=C(O)CC1c2cccc(F)c2N=C(c2ccc(-c3cccc(F)c3)cc2)N1c1cccc(C(F)(F)F)c1. The minimum Gasteiger partial charge on any atom is -0.481 e. The second kappa shape index (κ2) is 9.74. The maximum atomic E-state index is 14.9. The highest BCUT2D eigenvalue weighted by atomic mass is 19.4. The van der Waals surface area contributed by atoms with Crippen LogP contribution in [0, 0.1) is 11.6 Å². The number of alkyl halides is 3.